The van der Waals surface area contributed by atoms with Gasteiger partial charge in [0.2, 0.25) is 5.91 Å². The van der Waals surface area contributed by atoms with Crippen molar-refractivity contribution in [1.29, 1.82) is 0 Å². The van der Waals surface area contributed by atoms with Crippen LogP contribution in [-0.2, 0) is 17.8 Å². The highest BCUT2D eigenvalue weighted by atomic mass is 32.1. The average molecular weight is 492 g/mol. The predicted molar refractivity (Wildman–Crippen MR) is 141 cm³/mol. The van der Waals surface area contributed by atoms with Gasteiger partial charge in [0.05, 0.1) is 7.11 Å². The quantitative estimate of drug-likeness (QED) is 0.413. The molecule has 2 heterocycles. The smallest absolute Gasteiger partial charge is 0.251 e. The molecular formula is C28H33N3O3S. The van der Waals surface area contributed by atoms with Gasteiger partial charge in [0, 0.05) is 53.8 Å². The first-order valence-corrected chi connectivity index (χ1v) is 13.1. The Kier molecular flexibility index (Phi) is 8.92. The summed E-state index contributed by atoms with van der Waals surface area (Å²) in [4.78, 5) is 28.9. The first-order chi connectivity index (χ1) is 17.1. The number of carbonyl (C=O) groups excluding carboxylic acids is 2. The Morgan fingerprint density at radius 3 is 2.66 bits per heavy atom. The minimum Gasteiger partial charge on any atom is -0.496 e. The minimum atomic E-state index is -0.0954. The van der Waals surface area contributed by atoms with Gasteiger partial charge in [-0.25, -0.2) is 0 Å². The molecule has 7 heteroatoms. The third-order valence-corrected chi connectivity index (χ3v) is 7.26. The van der Waals surface area contributed by atoms with Crippen molar-refractivity contribution in [3.05, 3.63) is 82.0 Å². The molecule has 0 saturated carbocycles. The van der Waals surface area contributed by atoms with Crippen LogP contribution in [0.25, 0.3) is 0 Å². The van der Waals surface area contributed by atoms with E-state index in [2.05, 4.69) is 33.0 Å². The summed E-state index contributed by atoms with van der Waals surface area (Å²) in [7, 11) is 1.70. The lowest BCUT2D eigenvalue weighted by Gasteiger charge is -2.32. The lowest BCUT2D eigenvalue weighted by molar-refractivity contribution is -0.116. The zero-order chi connectivity index (χ0) is 24.5. The summed E-state index contributed by atoms with van der Waals surface area (Å²) in [5, 5.41) is 8.15. The van der Waals surface area contributed by atoms with Gasteiger partial charge in [-0.15, -0.1) is 11.3 Å². The van der Waals surface area contributed by atoms with Gasteiger partial charge < -0.3 is 15.4 Å². The Bertz CT molecular complexity index is 1110. The number of likely N-dealkylation sites (tertiary alicyclic amines) is 1. The number of methoxy groups -OCH3 is 1. The van der Waals surface area contributed by atoms with E-state index in [1.165, 1.54) is 10.4 Å². The van der Waals surface area contributed by atoms with Crippen LogP contribution in [-0.4, -0.2) is 43.0 Å². The molecule has 0 radical (unpaired) electrons. The number of hydrogen-bond acceptors (Lipinski definition) is 5. The average Bonchev–Trinajstić information content (AvgIpc) is 3.39. The van der Waals surface area contributed by atoms with E-state index in [1.807, 2.05) is 36.4 Å². The van der Waals surface area contributed by atoms with E-state index in [4.69, 9.17) is 4.74 Å². The maximum absolute atomic E-state index is 12.9. The number of piperidine rings is 1. The van der Waals surface area contributed by atoms with Crippen molar-refractivity contribution in [3.63, 3.8) is 0 Å². The van der Waals surface area contributed by atoms with Crippen LogP contribution in [0.15, 0.2) is 66.0 Å². The maximum atomic E-state index is 12.9. The standard InChI is InChI=1S/C28H33N3O3S/c1-34-26-12-3-2-7-22(26)20-31-16-14-23(15-17-31)30-28(33)21-8-4-9-24(19-21)29-27(32)13-5-10-25-11-6-18-35-25/h2-4,6-9,11-12,18-19,23H,5,10,13-17,20H2,1H3,(H,29,32)(H,30,33). The van der Waals surface area contributed by atoms with Crippen molar-refractivity contribution in [2.45, 2.75) is 44.7 Å². The fourth-order valence-corrected chi connectivity index (χ4v) is 5.17. The van der Waals surface area contributed by atoms with Gasteiger partial charge in [-0.3, -0.25) is 14.5 Å². The van der Waals surface area contributed by atoms with E-state index in [-0.39, 0.29) is 17.9 Å². The van der Waals surface area contributed by atoms with Gasteiger partial charge >= 0.3 is 0 Å². The van der Waals surface area contributed by atoms with E-state index < -0.39 is 0 Å². The van der Waals surface area contributed by atoms with Gasteiger partial charge in [0.25, 0.3) is 5.91 Å². The van der Waals surface area contributed by atoms with E-state index in [0.717, 1.165) is 51.1 Å². The number of anilines is 1. The van der Waals surface area contributed by atoms with Crippen molar-refractivity contribution in [1.82, 2.24) is 10.2 Å². The topological polar surface area (TPSA) is 70.7 Å². The zero-order valence-electron chi connectivity index (χ0n) is 20.2. The molecule has 1 aromatic heterocycles. The van der Waals surface area contributed by atoms with Crippen molar-refractivity contribution < 1.29 is 14.3 Å². The van der Waals surface area contributed by atoms with E-state index >= 15 is 0 Å². The molecule has 1 fully saturated rings. The molecule has 2 N–H and O–H groups in total. The number of benzene rings is 2. The molecule has 0 aliphatic carbocycles. The number of thiophene rings is 1. The molecule has 4 rings (SSSR count). The molecule has 0 bridgehead atoms. The number of carbonyl (C=O) groups is 2. The molecule has 1 aliphatic rings. The summed E-state index contributed by atoms with van der Waals surface area (Å²) in [5.41, 5.74) is 2.41. The van der Waals surface area contributed by atoms with Crippen molar-refractivity contribution >= 4 is 28.8 Å². The van der Waals surface area contributed by atoms with Crippen LogP contribution in [0.4, 0.5) is 5.69 Å². The highest BCUT2D eigenvalue weighted by molar-refractivity contribution is 7.09. The highest BCUT2D eigenvalue weighted by Crippen LogP contribution is 2.22. The third kappa shape index (κ3) is 7.41. The predicted octanol–water partition coefficient (Wildman–Crippen LogP) is 5.11. The number of rotatable bonds is 10. The van der Waals surface area contributed by atoms with Gasteiger partial charge in [0.15, 0.2) is 0 Å². The summed E-state index contributed by atoms with van der Waals surface area (Å²) >= 11 is 1.72. The number of nitrogens with one attached hydrogen (secondary N) is 2. The van der Waals surface area contributed by atoms with E-state index in [1.54, 1.807) is 30.6 Å². The van der Waals surface area contributed by atoms with Gasteiger partial charge in [0.1, 0.15) is 5.75 Å². The fourth-order valence-electron chi connectivity index (χ4n) is 4.42. The number of nitrogens with zero attached hydrogens (tertiary/aromatic N) is 1. The zero-order valence-corrected chi connectivity index (χ0v) is 21.0. The third-order valence-electron chi connectivity index (χ3n) is 6.32. The van der Waals surface area contributed by atoms with Crippen molar-refractivity contribution in [2.24, 2.45) is 0 Å². The Labute approximate surface area is 211 Å². The Morgan fingerprint density at radius 1 is 1.06 bits per heavy atom. The molecule has 2 amide bonds. The second-order valence-corrected chi connectivity index (χ2v) is 9.93. The van der Waals surface area contributed by atoms with Crippen molar-refractivity contribution in [2.75, 3.05) is 25.5 Å². The molecule has 0 atom stereocenters. The first-order valence-electron chi connectivity index (χ1n) is 12.2. The normalized spacial score (nSPS) is 14.4. The Morgan fingerprint density at radius 2 is 1.89 bits per heavy atom. The van der Waals surface area contributed by atoms with Crippen LogP contribution >= 0.6 is 11.3 Å². The van der Waals surface area contributed by atoms with E-state index in [0.29, 0.717) is 17.7 Å². The molecule has 35 heavy (non-hydrogen) atoms. The summed E-state index contributed by atoms with van der Waals surface area (Å²) in [6, 6.07) is 19.6. The molecule has 1 saturated heterocycles. The molecule has 6 nitrogen and oxygen atoms in total. The summed E-state index contributed by atoms with van der Waals surface area (Å²) < 4.78 is 5.47. The Balaban J connectivity index is 1.22. The second-order valence-electron chi connectivity index (χ2n) is 8.90. The highest BCUT2D eigenvalue weighted by Gasteiger charge is 2.22. The second kappa shape index (κ2) is 12.5. The van der Waals surface area contributed by atoms with Crippen LogP contribution in [0.1, 0.15) is 46.5 Å². The molecule has 1 aliphatic heterocycles. The largest absolute Gasteiger partial charge is 0.496 e. The Hall–Kier alpha value is -3.16. The summed E-state index contributed by atoms with van der Waals surface area (Å²) in [6.07, 6.45) is 3.98. The fraction of sp³-hybridized carbons (Fsp3) is 0.357. The SMILES string of the molecule is COc1ccccc1CN1CCC(NC(=O)c2cccc(NC(=O)CCCc3cccs3)c2)CC1. The van der Waals surface area contributed by atoms with Gasteiger partial charge in [-0.1, -0.05) is 30.3 Å². The molecule has 0 spiro atoms. The monoisotopic (exact) mass is 491 g/mol. The van der Waals surface area contributed by atoms with Crippen LogP contribution in [0.5, 0.6) is 5.75 Å². The van der Waals surface area contributed by atoms with Crippen LogP contribution in [0.3, 0.4) is 0 Å². The summed E-state index contributed by atoms with van der Waals surface area (Å²) in [6.45, 7) is 2.69. The van der Waals surface area contributed by atoms with E-state index in [9.17, 15) is 9.59 Å². The summed E-state index contributed by atoms with van der Waals surface area (Å²) in [5.74, 6) is 0.793. The number of para-hydroxylation sites is 1. The molecule has 3 aromatic rings. The molecule has 2 aromatic carbocycles. The number of ether oxygens (including phenoxy) is 1. The lowest BCUT2D eigenvalue weighted by atomic mass is 10.0. The van der Waals surface area contributed by atoms with Crippen molar-refractivity contribution in [3.8, 4) is 5.75 Å². The van der Waals surface area contributed by atoms with Crippen LogP contribution in [0, 0.1) is 0 Å². The number of amides is 2. The van der Waals surface area contributed by atoms with Crippen LogP contribution in [0.2, 0.25) is 0 Å². The first kappa shape index (κ1) is 24.9. The van der Waals surface area contributed by atoms with Crippen LogP contribution < -0.4 is 15.4 Å². The minimum absolute atomic E-state index is 0.0264. The molecular weight excluding hydrogens is 458 g/mol. The van der Waals surface area contributed by atoms with Gasteiger partial charge in [-0.2, -0.15) is 0 Å². The molecule has 184 valence electrons. The lowest BCUT2D eigenvalue weighted by Crippen LogP contribution is -2.44. The maximum Gasteiger partial charge on any atom is 0.251 e. The number of hydrogen-bond donors (Lipinski definition) is 2. The number of aryl methyl sites for hydroxylation is 1. The molecule has 0 unspecified atom stereocenters. The van der Waals surface area contributed by atoms with Gasteiger partial charge in [-0.05, 0) is 61.4 Å².